The summed E-state index contributed by atoms with van der Waals surface area (Å²) in [5.41, 5.74) is -0.485. The zero-order valence-electron chi connectivity index (χ0n) is 9.80. The van der Waals surface area contributed by atoms with E-state index < -0.39 is 21.5 Å². The van der Waals surface area contributed by atoms with Crippen LogP contribution in [-0.4, -0.2) is 24.5 Å². The van der Waals surface area contributed by atoms with Gasteiger partial charge in [0.05, 0.1) is 11.3 Å². The van der Waals surface area contributed by atoms with Gasteiger partial charge in [-0.15, -0.1) is 0 Å². The number of rotatable bonds is 1. The number of benzene rings is 1. The Hall–Kier alpha value is -2.35. The Morgan fingerprint density at radius 1 is 1.11 bits per heavy atom. The van der Waals surface area contributed by atoms with Crippen molar-refractivity contribution in [3.63, 3.8) is 0 Å². The molecule has 98 valence electrons. The van der Waals surface area contributed by atoms with Gasteiger partial charge in [-0.3, -0.25) is 14.7 Å². The molecule has 0 saturated carbocycles. The van der Waals surface area contributed by atoms with Crippen molar-refractivity contribution in [2.75, 3.05) is 4.31 Å². The van der Waals surface area contributed by atoms with Gasteiger partial charge in [0.2, 0.25) is 0 Å². The van der Waals surface area contributed by atoms with E-state index in [4.69, 9.17) is 0 Å². The molecule has 0 fully saturated rings. The highest BCUT2D eigenvalue weighted by Gasteiger charge is 2.44. The van der Waals surface area contributed by atoms with Crippen molar-refractivity contribution >= 4 is 21.6 Å². The molecule has 0 unspecified atom stereocenters. The molecule has 1 aliphatic heterocycles. The Kier molecular flexibility index (Phi) is 2.21. The second-order valence-corrected chi connectivity index (χ2v) is 5.88. The van der Waals surface area contributed by atoms with Crippen LogP contribution < -0.4 is 9.86 Å². The van der Waals surface area contributed by atoms with Gasteiger partial charge in [0.15, 0.2) is 0 Å². The Morgan fingerprint density at radius 3 is 2.37 bits per heavy atom. The van der Waals surface area contributed by atoms with Crippen LogP contribution in [0.2, 0.25) is 0 Å². The highest BCUT2D eigenvalue weighted by atomic mass is 32.2. The molecule has 0 atom stereocenters. The summed E-state index contributed by atoms with van der Waals surface area (Å²) in [6, 6.07) is 5.87. The molecule has 1 aliphatic rings. The molecule has 1 amide bonds. The van der Waals surface area contributed by atoms with Gasteiger partial charge in [0.25, 0.3) is 21.5 Å². The number of carbonyl (C=O) groups is 1. The normalized spacial score (nSPS) is 16.7. The number of fused-ring (bicyclic) bond motifs is 1. The Labute approximate surface area is 107 Å². The van der Waals surface area contributed by atoms with Crippen LogP contribution >= 0.6 is 0 Å². The fraction of sp³-hybridized carbons (Fsp3) is 0.0909. The van der Waals surface area contributed by atoms with E-state index in [2.05, 4.69) is 10.2 Å². The third-order valence-electron chi connectivity index (χ3n) is 2.96. The first-order valence-electron chi connectivity index (χ1n) is 5.40. The summed E-state index contributed by atoms with van der Waals surface area (Å²) in [4.78, 5) is 23.8. The first-order valence-corrected chi connectivity index (χ1v) is 6.84. The number of aromatic amines is 2. The highest BCUT2D eigenvalue weighted by molar-refractivity contribution is 7.94. The second-order valence-electron chi connectivity index (χ2n) is 4.12. The molecule has 2 heterocycles. The number of H-pyrrole nitrogens is 2. The molecule has 3 rings (SSSR count). The molecule has 0 bridgehead atoms. The maximum absolute atomic E-state index is 12.3. The van der Waals surface area contributed by atoms with E-state index in [0.29, 0.717) is 4.31 Å². The van der Waals surface area contributed by atoms with E-state index in [1.54, 1.807) is 6.07 Å². The average Bonchev–Trinajstić information content (AvgIpc) is 2.79. The molecule has 1 aromatic carbocycles. The van der Waals surface area contributed by atoms with Crippen LogP contribution in [0.3, 0.4) is 0 Å². The molecule has 2 aromatic rings. The van der Waals surface area contributed by atoms with E-state index in [1.807, 2.05) is 0 Å². The second kappa shape index (κ2) is 3.58. The van der Waals surface area contributed by atoms with Crippen molar-refractivity contribution < 1.29 is 13.2 Å². The van der Waals surface area contributed by atoms with Crippen LogP contribution in [0.5, 0.6) is 0 Å². The summed E-state index contributed by atoms with van der Waals surface area (Å²) in [6.07, 6.45) is 0. The number of hydrogen-bond donors (Lipinski definition) is 2. The van der Waals surface area contributed by atoms with E-state index in [-0.39, 0.29) is 21.8 Å². The molecule has 0 aliphatic carbocycles. The van der Waals surface area contributed by atoms with Crippen LogP contribution in [0.1, 0.15) is 16.1 Å². The largest absolute Gasteiger partial charge is 0.300 e. The Morgan fingerprint density at radius 2 is 1.79 bits per heavy atom. The van der Waals surface area contributed by atoms with Crippen LogP contribution in [0.25, 0.3) is 0 Å². The molecule has 0 radical (unpaired) electrons. The number of carbonyl (C=O) groups excluding carboxylic acids is 1. The number of aryl methyl sites for hydroxylation is 1. The molecule has 19 heavy (non-hydrogen) atoms. The fourth-order valence-electron chi connectivity index (χ4n) is 2.09. The Balaban J connectivity index is 2.33. The summed E-state index contributed by atoms with van der Waals surface area (Å²) in [6.45, 7) is 1.51. The number of nitrogens with zero attached hydrogens (tertiary/aromatic N) is 1. The first-order chi connectivity index (χ1) is 8.94. The lowest BCUT2D eigenvalue weighted by molar-refractivity contribution is 0.101. The summed E-state index contributed by atoms with van der Waals surface area (Å²) < 4.78 is 25.2. The molecule has 0 saturated heterocycles. The molecule has 8 heteroatoms. The number of nitrogens with one attached hydrogen (secondary N) is 2. The van der Waals surface area contributed by atoms with E-state index in [9.17, 15) is 18.0 Å². The van der Waals surface area contributed by atoms with Gasteiger partial charge in [0, 0.05) is 0 Å². The van der Waals surface area contributed by atoms with Crippen molar-refractivity contribution in [1.29, 1.82) is 0 Å². The summed E-state index contributed by atoms with van der Waals surface area (Å²) in [7, 11) is -4.02. The maximum Gasteiger partial charge on any atom is 0.289 e. The van der Waals surface area contributed by atoms with Gasteiger partial charge >= 0.3 is 0 Å². The van der Waals surface area contributed by atoms with Crippen molar-refractivity contribution in [1.82, 2.24) is 10.2 Å². The minimum Gasteiger partial charge on any atom is -0.300 e. The van der Waals surface area contributed by atoms with Crippen LogP contribution in [-0.2, 0) is 10.0 Å². The summed E-state index contributed by atoms with van der Waals surface area (Å²) >= 11 is 0. The van der Waals surface area contributed by atoms with E-state index in [1.165, 1.54) is 25.1 Å². The van der Waals surface area contributed by atoms with Crippen molar-refractivity contribution in [3.05, 3.63) is 45.9 Å². The SMILES string of the molecule is Cc1[nH][nH]c(=O)c1N1C(=O)c2ccccc2S1(=O)=O. The predicted octanol–water partition coefficient (Wildman–Crippen LogP) is 0.361. The van der Waals surface area contributed by atoms with Gasteiger partial charge in [-0.2, -0.15) is 4.31 Å². The lowest BCUT2D eigenvalue weighted by atomic mass is 10.2. The zero-order chi connectivity index (χ0) is 13.8. The summed E-state index contributed by atoms with van der Waals surface area (Å²) in [5.74, 6) is -0.719. The molecular formula is C11H9N3O4S. The standard InChI is InChI=1S/C11H9N3O4S/c1-6-9(10(15)13-12-6)14-11(16)7-4-2-3-5-8(7)19(14,17)18/h2-5H,1H3,(H2,12,13,15). The average molecular weight is 279 g/mol. The number of sulfonamides is 1. The lowest BCUT2D eigenvalue weighted by Crippen LogP contribution is -2.33. The van der Waals surface area contributed by atoms with Crippen LogP contribution in [0.4, 0.5) is 5.69 Å². The van der Waals surface area contributed by atoms with Crippen LogP contribution in [0, 0.1) is 6.92 Å². The Bertz CT molecular complexity index is 847. The van der Waals surface area contributed by atoms with Crippen molar-refractivity contribution in [2.24, 2.45) is 0 Å². The third kappa shape index (κ3) is 1.40. The highest BCUT2D eigenvalue weighted by Crippen LogP contribution is 2.33. The van der Waals surface area contributed by atoms with Crippen molar-refractivity contribution in [2.45, 2.75) is 11.8 Å². The molecule has 1 aromatic heterocycles. The number of aromatic nitrogens is 2. The minimum atomic E-state index is -4.02. The molecule has 0 spiro atoms. The van der Waals surface area contributed by atoms with E-state index >= 15 is 0 Å². The molecular weight excluding hydrogens is 270 g/mol. The minimum absolute atomic E-state index is 0.0718. The predicted molar refractivity (Wildman–Crippen MR) is 66.6 cm³/mol. The van der Waals surface area contributed by atoms with Crippen molar-refractivity contribution in [3.8, 4) is 0 Å². The van der Waals surface area contributed by atoms with Crippen LogP contribution in [0.15, 0.2) is 34.0 Å². The molecule has 7 nitrogen and oxygen atoms in total. The number of anilines is 1. The van der Waals surface area contributed by atoms with Gasteiger partial charge in [-0.1, -0.05) is 12.1 Å². The number of hydrogen-bond acceptors (Lipinski definition) is 4. The topological polar surface area (TPSA) is 103 Å². The first kappa shape index (κ1) is 11.7. The maximum atomic E-state index is 12.3. The van der Waals surface area contributed by atoms with E-state index in [0.717, 1.165) is 0 Å². The van der Waals surface area contributed by atoms with Gasteiger partial charge in [-0.05, 0) is 19.1 Å². The zero-order valence-corrected chi connectivity index (χ0v) is 10.6. The van der Waals surface area contributed by atoms with Gasteiger partial charge in [0.1, 0.15) is 10.6 Å². The quantitative estimate of drug-likeness (QED) is 0.786. The lowest BCUT2D eigenvalue weighted by Gasteiger charge is -2.12. The van der Waals surface area contributed by atoms with Gasteiger partial charge in [-0.25, -0.2) is 8.42 Å². The summed E-state index contributed by atoms with van der Waals surface area (Å²) in [5, 5.41) is 4.76. The smallest absolute Gasteiger partial charge is 0.289 e. The number of amides is 1. The fourth-order valence-corrected chi connectivity index (χ4v) is 3.75. The monoisotopic (exact) mass is 279 g/mol. The third-order valence-corrected chi connectivity index (χ3v) is 4.70. The molecule has 2 N–H and O–H groups in total. The van der Waals surface area contributed by atoms with Gasteiger partial charge < -0.3 is 5.10 Å².